The molecule has 34 heavy (non-hydrogen) atoms. The molecule has 2 fully saturated rings. The van der Waals surface area contributed by atoms with Crippen molar-refractivity contribution < 1.29 is 28.9 Å². The first-order valence-electron chi connectivity index (χ1n) is 11.3. The maximum Gasteiger partial charge on any atom is 0.329 e. The number of amides is 3. The molecule has 2 saturated heterocycles. The molecule has 0 aliphatic carbocycles. The van der Waals surface area contributed by atoms with Crippen LogP contribution in [0.25, 0.3) is 0 Å². The Labute approximate surface area is 205 Å². The lowest BCUT2D eigenvalue weighted by molar-refractivity contribution is -0.192. The van der Waals surface area contributed by atoms with E-state index >= 15 is 0 Å². The molecule has 3 aliphatic rings. The van der Waals surface area contributed by atoms with E-state index in [0.717, 1.165) is 4.90 Å². The zero-order chi connectivity index (χ0) is 23.9. The van der Waals surface area contributed by atoms with Crippen LogP contribution in [0.2, 0.25) is 0 Å². The van der Waals surface area contributed by atoms with Crippen LogP contribution in [-0.4, -0.2) is 60.6 Å². The molecule has 2 aromatic carbocycles. The molecule has 0 aromatic heterocycles. The number of fused-ring (bicyclic) bond motifs is 1. The smallest absolute Gasteiger partial charge is 0.329 e. The van der Waals surface area contributed by atoms with E-state index in [1.807, 2.05) is 6.92 Å². The molecule has 3 amide bonds. The number of ether oxygens (including phenoxy) is 3. The molecule has 10 heteroatoms. The molecule has 0 bridgehead atoms. The predicted octanol–water partition coefficient (Wildman–Crippen LogP) is 3.41. The van der Waals surface area contributed by atoms with Crippen LogP contribution in [0.1, 0.15) is 25.3 Å². The number of nitrogens with one attached hydrogen (secondary N) is 1. The molecule has 180 valence electrons. The summed E-state index contributed by atoms with van der Waals surface area (Å²) in [7, 11) is 0. The third-order valence-corrected chi connectivity index (χ3v) is 6.95. The van der Waals surface area contributed by atoms with Gasteiger partial charge in [-0.1, -0.05) is 15.9 Å². The summed E-state index contributed by atoms with van der Waals surface area (Å²) < 4.78 is 17.7. The van der Waals surface area contributed by atoms with Gasteiger partial charge < -0.3 is 29.5 Å². The van der Waals surface area contributed by atoms with Crippen molar-refractivity contribution in [3.05, 3.63) is 52.5 Å². The largest absolute Gasteiger partial charge is 0.494 e. The summed E-state index contributed by atoms with van der Waals surface area (Å²) in [5.41, 5.74) is -1.23. The Morgan fingerprint density at radius 2 is 1.82 bits per heavy atom. The highest BCUT2D eigenvalue weighted by Crippen LogP contribution is 2.43. The number of urea groups is 1. The minimum Gasteiger partial charge on any atom is -0.494 e. The van der Waals surface area contributed by atoms with E-state index in [0.29, 0.717) is 67.3 Å². The molecule has 1 atom stereocenters. The molecule has 0 saturated carbocycles. The summed E-state index contributed by atoms with van der Waals surface area (Å²) in [4.78, 5) is 29.9. The summed E-state index contributed by atoms with van der Waals surface area (Å²) in [6.45, 7) is 4.11. The van der Waals surface area contributed by atoms with Gasteiger partial charge in [-0.25, -0.2) is 4.79 Å². The van der Waals surface area contributed by atoms with Crippen LogP contribution in [0.5, 0.6) is 5.75 Å². The van der Waals surface area contributed by atoms with Crippen molar-refractivity contribution in [2.45, 2.75) is 31.3 Å². The van der Waals surface area contributed by atoms with Gasteiger partial charge in [-0.2, -0.15) is 0 Å². The van der Waals surface area contributed by atoms with Crippen molar-refractivity contribution in [1.82, 2.24) is 4.90 Å². The van der Waals surface area contributed by atoms with Crippen LogP contribution in [0.15, 0.2) is 46.9 Å². The van der Waals surface area contributed by atoms with Gasteiger partial charge in [0.2, 0.25) is 0 Å². The van der Waals surface area contributed by atoms with E-state index in [1.165, 1.54) is 0 Å². The van der Waals surface area contributed by atoms with Crippen LogP contribution in [0.4, 0.5) is 16.2 Å². The molecule has 2 N–H and O–H groups in total. The quantitative estimate of drug-likeness (QED) is 0.626. The van der Waals surface area contributed by atoms with E-state index in [-0.39, 0.29) is 5.56 Å². The normalized spacial score (nSPS) is 23.6. The van der Waals surface area contributed by atoms with Gasteiger partial charge in [0.1, 0.15) is 5.75 Å². The first kappa shape index (κ1) is 23.1. The van der Waals surface area contributed by atoms with Gasteiger partial charge in [0.15, 0.2) is 5.79 Å². The third kappa shape index (κ3) is 3.84. The van der Waals surface area contributed by atoms with Crippen LogP contribution < -0.4 is 15.0 Å². The number of carbonyl (C=O) groups excluding carboxylic acids is 2. The van der Waals surface area contributed by atoms with Gasteiger partial charge in [-0.15, -0.1) is 0 Å². The summed E-state index contributed by atoms with van der Waals surface area (Å²) in [5, 5.41) is 14.9. The molecule has 0 radical (unpaired) electrons. The molecule has 5 rings (SSSR count). The highest BCUT2D eigenvalue weighted by Gasteiger charge is 2.55. The first-order chi connectivity index (χ1) is 16.4. The van der Waals surface area contributed by atoms with Gasteiger partial charge in [0.25, 0.3) is 11.6 Å². The Morgan fingerprint density at radius 3 is 2.47 bits per heavy atom. The second-order valence-electron chi connectivity index (χ2n) is 8.45. The number of anilines is 2. The minimum absolute atomic E-state index is 0.286. The van der Waals surface area contributed by atoms with Crippen LogP contribution in [0, 0.1) is 0 Å². The second kappa shape index (κ2) is 8.84. The Balaban J connectivity index is 1.54. The highest BCUT2D eigenvalue weighted by molar-refractivity contribution is 9.10. The lowest BCUT2D eigenvalue weighted by Gasteiger charge is -2.46. The number of hydrogen-bond donors (Lipinski definition) is 2. The van der Waals surface area contributed by atoms with Crippen molar-refractivity contribution in [3.8, 4) is 5.75 Å². The van der Waals surface area contributed by atoms with E-state index in [4.69, 9.17) is 14.2 Å². The number of benzene rings is 2. The van der Waals surface area contributed by atoms with Crippen molar-refractivity contribution >= 4 is 39.2 Å². The average Bonchev–Trinajstić information content (AvgIpc) is 3.29. The van der Waals surface area contributed by atoms with E-state index in [9.17, 15) is 14.7 Å². The zero-order valence-electron chi connectivity index (χ0n) is 18.8. The van der Waals surface area contributed by atoms with Gasteiger partial charge >= 0.3 is 6.03 Å². The van der Waals surface area contributed by atoms with Crippen molar-refractivity contribution in [2.75, 3.05) is 43.1 Å². The number of carbonyl (C=O) groups is 2. The summed E-state index contributed by atoms with van der Waals surface area (Å²) in [6, 6.07) is 11.2. The topological polar surface area (TPSA) is 101 Å². The lowest BCUT2D eigenvalue weighted by Crippen LogP contribution is -2.64. The van der Waals surface area contributed by atoms with E-state index in [2.05, 4.69) is 21.2 Å². The number of nitrogens with zero attached hydrogens (tertiary/aromatic N) is 2. The molecule has 3 heterocycles. The monoisotopic (exact) mass is 531 g/mol. The van der Waals surface area contributed by atoms with Crippen LogP contribution in [0.3, 0.4) is 0 Å². The Kier molecular flexibility index (Phi) is 6.01. The van der Waals surface area contributed by atoms with Gasteiger partial charge in [0, 0.05) is 41.7 Å². The maximum absolute atomic E-state index is 14.0. The van der Waals surface area contributed by atoms with Crippen LogP contribution >= 0.6 is 15.9 Å². The molecule has 9 nitrogen and oxygen atoms in total. The summed E-state index contributed by atoms with van der Waals surface area (Å²) in [5.74, 6) is -0.623. The van der Waals surface area contributed by atoms with Gasteiger partial charge in [0.05, 0.1) is 25.5 Å². The molecule has 1 spiro atoms. The Bertz CT molecular complexity index is 1090. The number of piperidine rings is 1. The molecule has 0 unspecified atom stereocenters. The number of halogens is 1. The van der Waals surface area contributed by atoms with Crippen molar-refractivity contribution in [1.29, 1.82) is 0 Å². The summed E-state index contributed by atoms with van der Waals surface area (Å²) in [6.07, 6.45) is 0.991. The predicted molar refractivity (Wildman–Crippen MR) is 128 cm³/mol. The fourth-order valence-electron chi connectivity index (χ4n) is 4.78. The average molecular weight is 532 g/mol. The summed E-state index contributed by atoms with van der Waals surface area (Å²) >= 11 is 3.43. The Morgan fingerprint density at radius 1 is 1.15 bits per heavy atom. The second-order valence-corrected chi connectivity index (χ2v) is 9.37. The van der Waals surface area contributed by atoms with Crippen molar-refractivity contribution in [2.24, 2.45) is 0 Å². The van der Waals surface area contributed by atoms with Crippen molar-refractivity contribution in [3.63, 3.8) is 0 Å². The molecular formula is C24H26BrN3O6. The standard InChI is InChI=1S/C24H26BrN3O6/c1-2-32-18-6-4-17(5-7-18)28-22(30)26-20-8-3-16(25)15-19(20)24(28,31)21(29)27-11-9-23(10-12-27)33-13-14-34-23/h3-8,15,31H,2,9-14H2,1H3,(H,26,30)/t24-/m0/s1. The molecular weight excluding hydrogens is 506 g/mol. The SMILES string of the molecule is CCOc1ccc(N2C(=O)Nc3ccc(Br)cc3[C@]2(O)C(=O)N2CCC3(CC2)OCCO3)cc1. The molecule has 2 aromatic rings. The highest BCUT2D eigenvalue weighted by atomic mass is 79.9. The Hall–Kier alpha value is -2.66. The maximum atomic E-state index is 14.0. The van der Waals surface area contributed by atoms with Gasteiger partial charge in [-0.3, -0.25) is 9.69 Å². The third-order valence-electron chi connectivity index (χ3n) is 6.46. The van der Waals surface area contributed by atoms with Gasteiger partial charge in [-0.05, 0) is 49.4 Å². The number of hydrogen-bond acceptors (Lipinski definition) is 6. The van der Waals surface area contributed by atoms with Crippen LogP contribution in [-0.2, 0) is 20.0 Å². The number of rotatable bonds is 4. The molecule has 3 aliphatic heterocycles. The fraction of sp³-hybridized carbons (Fsp3) is 0.417. The number of aliphatic hydroxyl groups is 1. The minimum atomic E-state index is -2.25. The number of likely N-dealkylation sites (tertiary alicyclic amines) is 1. The van der Waals surface area contributed by atoms with E-state index in [1.54, 1.807) is 47.4 Å². The zero-order valence-corrected chi connectivity index (χ0v) is 20.3. The fourth-order valence-corrected chi connectivity index (χ4v) is 5.14. The lowest BCUT2D eigenvalue weighted by atomic mass is 9.93. The van der Waals surface area contributed by atoms with E-state index < -0.39 is 23.5 Å². The first-order valence-corrected chi connectivity index (χ1v) is 12.1.